The molecule has 1 unspecified atom stereocenters. The molecule has 0 aliphatic carbocycles. The molecule has 0 spiro atoms. The molecule has 2 rings (SSSR count). The minimum atomic E-state index is 0.271. The zero-order valence-electron chi connectivity index (χ0n) is 12.5. The van der Waals surface area contributed by atoms with E-state index in [2.05, 4.69) is 23.4 Å². The van der Waals surface area contributed by atoms with E-state index in [4.69, 9.17) is 14.2 Å². The zero-order chi connectivity index (χ0) is 14.4. The van der Waals surface area contributed by atoms with Gasteiger partial charge in [0, 0.05) is 19.1 Å². The van der Waals surface area contributed by atoms with Crippen molar-refractivity contribution >= 4 is 0 Å². The number of methoxy groups -OCH3 is 2. The average Bonchev–Trinajstić information content (AvgIpc) is 2.53. The van der Waals surface area contributed by atoms with Crippen molar-refractivity contribution in [2.45, 2.75) is 19.4 Å². The molecule has 5 heteroatoms. The van der Waals surface area contributed by atoms with Crippen LogP contribution in [0.3, 0.4) is 0 Å². The van der Waals surface area contributed by atoms with Crippen LogP contribution < -0.4 is 14.9 Å². The highest BCUT2D eigenvalue weighted by molar-refractivity contribution is 5.43. The van der Waals surface area contributed by atoms with Gasteiger partial charge >= 0.3 is 0 Å². The first-order valence-electron chi connectivity index (χ1n) is 7.09. The maximum Gasteiger partial charge on any atom is 0.161 e. The summed E-state index contributed by atoms with van der Waals surface area (Å²) in [7, 11) is 3.32. The van der Waals surface area contributed by atoms with Gasteiger partial charge in [-0.25, -0.2) is 10.4 Å². The summed E-state index contributed by atoms with van der Waals surface area (Å²) in [5, 5.41) is 2.23. The van der Waals surface area contributed by atoms with Gasteiger partial charge in [0.05, 0.1) is 27.4 Å². The Bertz CT molecular complexity index is 420. The van der Waals surface area contributed by atoms with E-state index in [0.29, 0.717) is 0 Å². The summed E-state index contributed by atoms with van der Waals surface area (Å²) in [6.45, 7) is 5.59. The topological polar surface area (TPSA) is 43.0 Å². The molecule has 1 aromatic carbocycles. The summed E-state index contributed by atoms with van der Waals surface area (Å²) in [6, 6.07) is 6.36. The lowest BCUT2D eigenvalue weighted by Crippen LogP contribution is -2.47. The highest BCUT2D eigenvalue weighted by Crippen LogP contribution is 2.30. The van der Waals surface area contributed by atoms with Gasteiger partial charge in [0.25, 0.3) is 0 Å². The van der Waals surface area contributed by atoms with Crippen molar-refractivity contribution < 1.29 is 14.2 Å². The molecule has 20 heavy (non-hydrogen) atoms. The molecule has 0 saturated carbocycles. The zero-order valence-corrected chi connectivity index (χ0v) is 12.5. The number of hydrazine groups is 1. The predicted octanol–water partition coefficient (Wildman–Crippen LogP) is 1.99. The van der Waals surface area contributed by atoms with Crippen molar-refractivity contribution in [2.24, 2.45) is 0 Å². The quantitative estimate of drug-likeness (QED) is 0.863. The minimum Gasteiger partial charge on any atom is -0.493 e. The number of ether oxygens (including phenoxy) is 3. The van der Waals surface area contributed by atoms with Gasteiger partial charge in [-0.05, 0) is 24.1 Å². The third kappa shape index (κ3) is 3.62. The summed E-state index contributed by atoms with van der Waals surface area (Å²) in [5.74, 6) is 1.53. The van der Waals surface area contributed by atoms with E-state index in [0.717, 1.165) is 44.2 Å². The number of hydrogen-bond donors (Lipinski definition) is 1. The van der Waals surface area contributed by atoms with Crippen molar-refractivity contribution in [1.29, 1.82) is 0 Å². The molecule has 5 nitrogen and oxygen atoms in total. The highest BCUT2D eigenvalue weighted by atomic mass is 16.5. The normalized spacial score (nSPS) is 17.8. The van der Waals surface area contributed by atoms with Gasteiger partial charge in [-0.2, -0.15) is 0 Å². The van der Waals surface area contributed by atoms with Crippen LogP contribution in [0.25, 0.3) is 0 Å². The second-order valence-corrected chi connectivity index (χ2v) is 4.80. The Balaban J connectivity index is 2.09. The second kappa shape index (κ2) is 7.47. The largest absolute Gasteiger partial charge is 0.493 e. The van der Waals surface area contributed by atoms with Crippen molar-refractivity contribution in [2.75, 3.05) is 40.5 Å². The molecular weight excluding hydrogens is 256 g/mol. The van der Waals surface area contributed by atoms with Gasteiger partial charge in [-0.15, -0.1) is 0 Å². The van der Waals surface area contributed by atoms with Crippen LogP contribution in [0, 0.1) is 0 Å². The summed E-state index contributed by atoms with van der Waals surface area (Å²) in [5.41, 5.74) is 4.77. The van der Waals surface area contributed by atoms with Crippen LogP contribution in [0.5, 0.6) is 11.5 Å². The van der Waals surface area contributed by atoms with Crippen LogP contribution in [0.15, 0.2) is 18.2 Å². The van der Waals surface area contributed by atoms with Gasteiger partial charge in [0.15, 0.2) is 11.5 Å². The van der Waals surface area contributed by atoms with E-state index in [9.17, 15) is 0 Å². The molecule has 1 heterocycles. The van der Waals surface area contributed by atoms with E-state index in [1.54, 1.807) is 14.2 Å². The Labute approximate surface area is 120 Å². The summed E-state index contributed by atoms with van der Waals surface area (Å²) in [4.78, 5) is 0. The van der Waals surface area contributed by atoms with Crippen molar-refractivity contribution in [3.63, 3.8) is 0 Å². The van der Waals surface area contributed by atoms with E-state index < -0.39 is 0 Å². The summed E-state index contributed by atoms with van der Waals surface area (Å²) >= 11 is 0. The first kappa shape index (κ1) is 15.1. The van der Waals surface area contributed by atoms with Crippen LogP contribution >= 0.6 is 0 Å². The van der Waals surface area contributed by atoms with Gasteiger partial charge in [-0.3, -0.25) is 0 Å². The molecule has 0 amide bonds. The van der Waals surface area contributed by atoms with Gasteiger partial charge < -0.3 is 14.2 Å². The number of benzene rings is 1. The van der Waals surface area contributed by atoms with Crippen LogP contribution in [0.1, 0.15) is 24.9 Å². The number of hydrogen-bond acceptors (Lipinski definition) is 5. The van der Waals surface area contributed by atoms with E-state index in [1.165, 1.54) is 5.56 Å². The number of morpholine rings is 1. The molecule has 1 aliphatic heterocycles. The maximum absolute atomic E-state index is 5.38. The molecular formula is C15H24N2O3. The Morgan fingerprint density at radius 1 is 1.20 bits per heavy atom. The Kier molecular flexibility index (Phi) is 5.64. The molecule has 112 valence electrons. The Morgan fingerprint density at radius 3 is 2.50 bits per heavy atom. The fraction of sp³-hybridized carbons (Fsp3) is 0.600. The maximum atomic E-state index is 5.38. The first-order chi connectivity index (χ1) is 9.78. The molecule has 1 atom stereocenters. The highest BCUT2D eigenvalue weighted by Gasteiger charge is 2.17. The molecule has 1 aliphatic rings. The molecule has 1 saturated heterocycles. The van der Waals surface area contributed by atoms with Crippen LogP contribution in [0.4, 0.5) is 0 Å². The lowest BCUT2D eigenvalue weighted by Gasteiger charge is -2.31. The molecule has 0 aromatic heterocycles. The number of rotatable bonds is 6. The fourth-order valence-electron chi connectivity index (χ4n) is 2.38. The Hall–Kier alpha value is -1.30. The lowest BCUT2D eigenvalue weighted by molar-refractivity contribution is 0.00297. The van der Waals surface area contributed by atoms with Gasteiger partial charge in [0.1, 0.15) is 0 Å². The molecule has 1 N–H and O–H groups in total. The third-order valence-corrected chi connectivity index (χ3v) is 3.57. The summed E-state index contributed by atoms with van der Waals surface area (Å²) in [6.07, 6.45) is 1.01. The number of nitrogens with one attached hydrogen (secondary N) is 1. The molecule has 1 fully saturated rings. The van der Waals surface area contributed by atoms with E-state index in [-0.39, 0.29) is 6.04 Å². The van der Waals surface area contributed by atoms with Crippen LogP contribution in [0.2, 0.25) is 0 Å². The SMILES string of the molecule is CCC(NN1CCOCC1)c1ccc(OC)c(OC)c1. The van der Waals surface area contributed by atoms with Crippen molar-refractivity contribution in [3.8, 4) is 11.5 Å². The number of nitrogens with zero attached hydrogens (tertiary/aromatic N) is 1. The standard InChI is InChI=1S/C15H24N2O3/c1-4-13(16-17-7-9-20-10-8-17)12-5-6-14(18-2)15(11-12)19-3/h5-6,11,13,16H,4,7-10H2,1-3H3. The first-order valence-corrected chi connectivity index (χ1v) is 7.09. The lowest BCUT2D eigenvalue weighted by atomic mass is 10.0. The third-order valence-electron chi connectivity index (χ3n) is 3.57. The van der Waals surface area contributed by atoms with Crippen molar-refractivity contribution in [3.05, 3.63) is 23.8 Å². The molecule has 0 radical (unpaired) electrons. The van der Waals surface area contributed by atoms with Crippen LogP contribution in [-0.2, 0) is 4.74 Å². The average molecular weight is 280 g/mol. The summed E-state index contributed by atoms with van der Waals surface area (Å²) < 4.78 is 16.0. The van der Waals surface area contributed by atoms with E-state index in [1.807, 2.05) is 12.1 Å². The van der Waals surface area contributed by atoms with Gasteiger partial charge in [-0.1, -0.05) is 13.0 Å². The van der Waals surface area contributed by atoms with Crippen molar-refractivity contribution in [1.82, 2.24) is 10.4 Å². The smallest absolute Gasteiger partial charge is 0.161 e. The van der Waals surface area contributed by atoms with Crippen LogP contribution in [-0.4, -0.2) is 45.5 Å². The fourth-order valence-corrected chi connectivity index (χ4v) is 2.38. The Morgan fingerprint density at radius 2 is 1.90 bits per heavy atom. The molecule has 1 aromatic rings. The monoisotopic (exact) mass is 280 g/mol. The van der Waals surface area contributed by atoms with Gasteiger partial charge in [0.2, 0.25) is 0 Å². The molecule has 0 bridgehead atoms. The van der Waals surface area contributed by atoms with E-state index >= 15 is 0 Å². The minimum absolute atomic E-state index is 0.271. The second-order valence-electron chi connectivity index (χ2n) is 4.80. The predicted molar refractivity (Wildman–Crippen MR) is 78.1 cm³/mol.